The lowest BCUT2D eigenvalue weighted by Crippen LogP contribution is -2.05. The monoisotopic (exact) mass is 362 g/mol. The van der Waals surface area contributed by atoms with Gasteiger partial charge in [-0.15, -0.1) is 0 Å². The number of aryl methyl sites for hydroxylation is 1. The van der Waals surface area contributed by atoms with Crippen LogP contribution in [0.3, 0.4) is 0 Å². The summed E-state index contributed by atoms with van der Waals surface area (Å²) in [5.41, 5.74) is 6.54. The van der Waals surface area contributed by atoms with Gasteiger partial charge in [0.2, 0.25) is 0 Å². The normalized spacial score (nSPS) is 11.5. The van der Waals surface area contributed by atoms with Crippen molar-refractivity contribution in [2.75, 3.05) is 5.73 Å². The predicted octanol–water partition coefficient (Wildman–Crippen LogP) is 4.36. The number of rotatable bonds is 3. The SMILES string of the molecule is Cc1nn(-c2cccc([N+](=O)[O-])c2)c(N)c1-c1cccc(C(F)(F)F)c1. The average molecular weight is 362 g/mol. The van der Waals surface area contributed by atoms with Crippen molar-refractivity contribution in [3.05, 3.63) is 69.9 Å². The van der Waals surface area contributed by atoms with E-state index < -0.39 is 16.7 Å². The number of aromatic nitrogens is 2. The number of nitrogen functional groups attached to an aromatic ring is 1. The first-order valence-electron chi connectivity index (χ1n) is 7.46. The molecule has 0 aliphatic rings. The van der Waals surface area contributed by atoms with Gasteiger partial charge >= 0.3 is 6.18 Å². The Labute approximate surface area is 145 Å². The van der Waals surface area contributed by atoms with Crippen LogP contribution in [0.4, 0.5) is 24.7 Å². The lowest BCUT2D eigenvalue weighted by molar-refractivity contribution is -0.384. The molecular weight excluding hydrogens is 349 g/mol. The fraction of sp³-hybridized carbons (Fsp3) is 0.118. The van der Waals surface area contributed by atoms with Crippen LogP contribution in [0.2, 0.25) is 0 Å². The molecule has 0 bridgehead atoms. The summed E-state index contributed by atoms with van der Waals surface area (Å²) in [7, 11) is 0. The second-order valence-corrected chi connectivity index (χ2v) is 5.61. The number of nitrogens with zero attached hydrogens (tertiary/aromatic N) is 3. The highest BCUT2D eigenvalue weighted by Gasteiger charge is 2.31. The Bertz CT molecular complexity index is 996. The van der Waals surface area contributed by atoms with Gasteiger partial charge in [-0.1, -0.05) is 18.2 Å². The van der Waals surface area contributed by atoms with Crippen LogP contribution in [0, 0.1) is 17.0 Å². The molecule has 0 atom stereocenters. The molecule has 1 heterocycles. The van der Waals surface area contributed by atoms with Gasteiger partial charge in [0.15, 0.2) is 0 Å². The fourth-order valence-electron chi connectivity index (χ4n) is 2.69. The van der Waals surface area contributed by atoms with Crippen molar-refractivity contribution in [3.8, 4) is 16.8 Å². The molecule has 9 heteroatoms. The number of nitrogens with two attached hydrogens (primary N) is 1. The van der Waals surface area contributed by atoms with Gasteiger partial charge in [0.25, 0.3) is 5.69 Å². The smallest absolute Gasteiger partial charge is 0.383 e. The Morgan fingerprint density at radius 3 is 2.50 bits per heavy atom. The number of alkyl halides is 3. The van der Waals surface area contributed by atoms with Gasteiger partial charge in [0, 0.05) is 17.7 Å². The molecule has 134 valence electrons. The second-order valence-electron chi connectivity index (χ2n) is 5.61. The molecule has 0 aliphatic heterocycles. The number of non-ortho nitro benzene ring substituents is 1. The molecule has 0 saturated carbocycles. The largest absolute Gasteiger partial charge is 0.416 e. The molecule has 3 aromatic rings. The van der Waals surface area contributed by atoms with Crippen LogP contribution in [0.1, 0.15) is 11.3 Å². The van der Waals surface area contributed by atoms with E-state index in [9.17, 15) is 23.3 Å². The Balaban J connectivity index is 2.13. The molecule has 2 N–H and O–H groups in total. The highest BCUT2D eigenvalue weighted by Crippen LogP contribution is 2.36. The van der Waals surface area contributed by atoms with E-state index in [0.29, 0.717) is 16.9 Å². The first-order chi connectivity index (χ1) is 12.2. The Morgan fingerprint density at radius 2 is 1.85 bits per heavy atom. The molecule has 6 nitrogen and oxygen atoms in total. The molecule has 0 radical (unpaired) electrons. The van der Waals surface area contributed by atoms with E-state index in [1.807, 2.05) is 0 Å². The first-order valence-corrected chi connectivity index (χ1v) is 7.46. The molecule has 2 aromatic carbocycles. The van der Waals surface area contributed by atoms with Crippen LogP contribution in [-0.2, 0) is 6.18 Å². The number of halogens is 3. The maximum atomic E-state index is 13.0. The van der Waals surface area contributed by atoms with Crippen molar-refractivity contribution in [2.45, 2.75) is 13.1 Å². The summed E-state index contributed by atoms with van der Waals surface area (Å²) in [6.07, 6.45) is -4.48. The third-order valence-electron chi connectivity index (χ3n) is 3.86. The van der Waals surface area contributed by atoms with Crippen LogP contribution in [-0.4, -0.2) is 14.7 Å². The standard InChI is InChI=1S/C17H13F3N4O2/c1-10-15(11-4-2-5-12(8-11)17(18,19)20)16(21)23(22-10)13-6-3-7-14(9-13)24(25)26/h2-9H,21H2,1H3. The zero-order valence-electron chi connectivity index (χ0n) is 13.5. The van der Waals surface area contributed by atoms with Gasteiger partial charge in [0.05, 0.1) is 21.9 Å². The Hall–Kier alpha value is -3.36. The second kappa shape index (κ2) is 6.17. The van der Waals surface area contributed by atoms with Gasteiger partial charge in [-0.2, -0.15) is 18.3 Å². The highest BCUT2D eigenvalue weighted by atomic mass is 19.4. The van der Waals surface area contributed by atoms with Gasteiger partial charge in [-0.3, -0.25) is 10.1 Å². The number of benzene rings is 2. The minimum atomic E-state index is -4.48. The highest BCUT2D eigenvalue weighted by molar-refractivity contribution is 5.78. The lowest BCUT2D eigenvalue weighted by atomic mass is 10.0. The molecule has 0 spiro atoms. The molecule has 0 unspecified atom stereocenters. The zero-order chi connectivity index (χ0) is 19.1. The number of nitro groups is 1. The third kappa shape index (κ3) is 3.10. The Kier molecular flexibility index (Phi) is 4.15. The molecule has 3 rings (SSSR count). The van der Waals surface area contributed by atoms with E-state index in [4.69, 9.17) is 5.73 Å². The minimum absolute atomic E-state index is 0.0994. The fourth-order valence-corrected chi connectivity index (χ4v) is 2.69. The molecule has 0 fully saturated rings. The molecule has 0 saturated heterocycles. The van der Waals surface area contributed by atoms with Gasteiger partial charge in [-0.25, -0.2) is 4.68 Å². The van der Waals surface area contributed by atoms with Crippen LogP contribution in [0.25, 0.3) is 16.8 Å². The van der Waals surface area contributed by atoms with Gasteiger partial charge < -0.3 is 5.73 Å². The molecule has 0 aliphatic carbocycles. The molecule has 1 aromatic heterocycles. The van der Waals surface area contributed by atoms with Crippen LogP contribution in [0.5, 0.6) is 0 Å². The average Bonchev–Trinajstić information content (AvgIpc) is 2.89. The van der Waals surface area contributed by atoms with Crippen molar-refractivity contribution < 1.29 is 18.1 Å². The van der Waals surface area contributed by atoms with E-state index >= 15 is 0 Å². The maximum absolute atomic E-state index is 13.0. The summed E-state index contributed by atoms with van der Waals surface area (Å²) in [5.74, 6) is 0.0994. The third-order valence-corrected chi connectivity index (χ3v) is 3.86. The van der Waals surface area contributed by atoms with E-state index in [0.717, 1.165) is 12.1 Å². The summed E-state index contributed by atoms with van der Waals surface area (Å²) >= 11 is 0. The van der Waals surface area contributed by atoms with Crippen molar-refractivity contribution in [1.82, 2.24) is 9.78 Å². The number of hydrogen-bond donors (Lipinski definition) is 1. The van der Waals surface area contributed by atoms with Crippen LogP contribution < -0.4 is 5.73 Å². The van der Waals surface area contributed by atoms with E-state index in [1.54, 1.807) is 13.0 Å². The molecule has 0 amide bonds. The summed E-state index contributed by atoms with van der Waals surface area (Å²) in [6, 6.07) is 10.4. The number of nitro benzene ring substituents is 1. The Morgan fingerprint density at radius 1 is 1.15 bits per heavy atom. The molecule has 26 heavy (non-hydrogen) atoms. The van der Waals surface area contributed by atoms with Crippen LogP contribution >= 0.6 is 0 Å². The van der Waals surface area contributed by atoms with E-state index in [1.165, 1.54) is 35.0 Å². The molecular formula is C17H13F3N4O2. The van der Waals surface area contributed by atoms with Gasteiger partial charge in [-0.05, 0) is 30.7 Å². The zero-order valence-corrected chi connectivity index (χ0v) is 13.5. The quantitative estimate of drug-likeness (QED) is 0.554. The summed E-state index contributed by atoms with van der Waals surface area (Å²) in [4.78, 5) is 10.4. The van der Waals surface area contributed by atoms with Crippen molar-refractivity contribution in [2.24, 2.45) is 0 Å². The van der Waals surface area contributed by atoms with Gasteiger partial charge in [0.1, 0.15) is 5.82 Å². The van der Waals surface area contributed by atoms with Crippen molar-refractivity contribution >= 4 is 11.5 Å². The predicted molar refractivity (Wildman–Crippen MR) is 89.8 cm³/mol. The first kappa shape index (κ1) is 17.5. The summed E-state index contributed by atoms with van der Waals surface area (Å²) < 4.78 is 40.2. The van der Waals surface area contributed by atoms with E-state index in [2.05, 4.69) is 5.10 Å². The maximum Gasteiger partial charge on any atom is 0.416 e. The number of hydrogen-bond acceptors (Lipinski definition) is 4. The topological polar surface area (TPSA) is 87.0 Å². The van der Waals surface area contributed by atoms with Crippen molar-refractivity contribution in [3.63, 3.8) is 0 Å². The number of anilines is 1. The lowest BCUT2D eigenvalue weighted by Gasteiger charge is -2.09. The van der Waals surface area contributed by atoms with Crippen molar-refractivity contribution in [1.29, 1.82) is 0 Å². The van der Waals surface area contributed by atoms with Crippen LogP contribution in [0.15, 0.2) is 48.5 Å². The summed E-state index contributed by atoms with van der Waals surface area (Å²) in [6.45, 7) is 1.61. The minimum Gasteiger partial charge on any atom is -0.383 e. The summed E-state index contributed by atoms with van der Waals surface area (Å²) in [5, 5.41) is 15.2. The van der Waals surface area contributed by atoms with E-state index in [-0.39, 0.29) is 17.1 Å².